The third kappa shape index (κ3) is 5.34. The summed E-state index contributed by atoms with van der Waals surface area (Å²) in [6.45, 7) is 4.53. The Morgan fingerprint density at radius 2 is 1.68 bits per heavy atom. The molecule has 0 saturated heterocycles. The predicted octanol–water partition coefficient (Wildman–Crippen LogP) is 2.34. The van der Waals surface area contributed by atoms with Gasteiger partial charge in [0, 0.05) is 26.2 Å². The van der Waals surface area contributed by atoms with Gasteiger partial charge in [-0.25, -0.2) is 0 Å². The van der Waals surface area contributed by atoms with Crippen LogP contribution in [-0.4, -0.2) is 65.8 Å². The van der Waals surface area contributed by atoms with Gasteiger partial charge in [0.15, 0.2) is 17.2 Å². The van der Waals surface area contributed by atoms with Crippen LogP contribution in [0, 0.1) is 6.92 Å². The molecule has 0 saturated carbocycles. The van der Waals surface area contributed by atoms with Crippen molar-refractivity contribution in [1.82, 2.24) is 25.3 Å². The highest BCUT2D eigenvalue weighted by molar-refractivity contribution is 6.01. The first kappa shape index (κ1) is 26.7. The first-order chi connectivity index (χ1) is 18.2. The third-order valence-corrected chi connectivity index (χ3v) is 6.94. The van der Waals surface area contributed by atoms with E-state index < -0.39 is 11.4 Å². The summed E-state index contributed by atoms with van der Waals surface area (Å²) in [5.41, 5.74) is 2.29. The fraction of sp³-hybridized carbons (Fsp3) is 0.357. The number of carbonyl (C=O) groups excluding carboxylic acids is 3. The molecule has 2 aromatic carbocycles. The van der Waals surface area contributed by atoms with Crippen LogP contribution < -0.4 is 20.1 Å². The molecule has 0 spiro atoms. The summed E-state index contributed by atoms with van der Waals surface area (Å²) in [5, 5.41) is 10.1. The zero-order chi connectivity index (χ0) is 27.4. The minimum atomic E-state index is -1.16. The van der Waals surface area contributed by atoms with Crippen molar-refractivity contribution >= 4 is 17.7 Å². The van der Waals surface area contributed by atoms with Gasteiger partial charge in [-0.05, 0) is 43.5 Å². The van der Waals surface area contributed by atoms with E-state index in [2.05, 4.69) is 15.7 Å². The number of methoxy groups -OCH3 is 2. The van der Waals surface area contributed by atoms with Gasteiger partial charge >= 0.3 is 0 Å². The Labute approximate surface area is 221 Å². The molecule has 200 valence electrons. The first-order valence-corrected chi connectivity index (χ1v) is 12.3. The minimum absolute atomic E-state index is 0.123. The molecule has 2 N–H and O–H groups in total. The van der Waals surface area contributed by atoms with Crippen LogP contribution in [-0.2, 0) is 24.3 Å². The summed E-state index contributed by atoms with van der Waals surface area (Å²) < 4.78 is 12.0. The van der Waals surface area contributed by atoms with E-state index in [0.29, 0.717) is 31.0 Å². The van der Waals surface area contributed by atoms with E-state index in [9.17, 15) is 14.4 Å². The Morgan fingerprint density at radius 3 is 2.37 bits per heavy atom. The molecule has 38 heavy (non-hydrogen) atoms. The van der Waals surface area contributed by atoms with Crippen molar-refractivity contribution in [2.75, 3.05) is 27.8 Å². The lowest BCUT2D eigenvalue weighted by Gasteiger charge is -2.40. The van der Waals surface area contributed by atoms with E-state index in [0.717, 1.165) is 16.7 Å². The number of benzene rings is 2. The zero-order valence-corrected chi connectivity index (χ0v) is 22.3. The average molecular weight is 520 g/mol. The third-order valence-electron chi connectivity index (χ3n) is 6.94. The van der Waals surface area contributed by atoms with Crippen molar-refractivity contribution in [1.29, 1.82) is 0 Å². The maximum atomic E-state index is 13.2. The highest BCUT2D eigenvalue weighted by Crippen LogP contribution is 2.28. The molecule has 1 aliphatic rings. The molecule has 1 aliphatic heterocycles. The van der Waals surface area contributed by atoms with Gasteiger partial charge in [0.2, 0.25) is 5.91 Å². The molecule has 10 heteroatoms. The minimum Gasteiger partial charge on any atom is -0.493 e. The Bertz CT molecular complexity index is 1350. The summed E-state index contributed by atoms with van der Waals surface area (Å²) in [6, 6.07) is 14.9. The van der Waals surface area contributed by atoms with Crippen molar-refractivity contribution in [3.8, 4) is 11.5 Å². The lowest BCUT2D eigenvalue weighted by molar-refractivity contribution is -0.132. The Hall–Kier alpha value is -4.34. The van der Waals surface area contributed by atoms with Gasteiger partial charge in [-0.1, -0.05) is 35.9 Å². The topological polar surface area (TPSA) is 115 Å². The fourth-order valence-electron chi connectivity index (χ4n) is 4.36. The van der Waals surface area contributed by atoms with E-state index in [1.54, 1.807) is 28.2 Å². The van der Waals surface area contributed by atoms with Gasteiger partial charge in [-0.3, -0.25) is 19.1 Å². The number of nitrogens with zero attached hydrogens (tertiary/aromatic N) is 3. The SMILES string of the molecule is COc1ccc(CCNC(=O)c2cc3n(n2)C[C@](C)(C(=O)NCc2ccc(C)cc2)N(C)C3=O)cc1OC. The van der Waals surface area contributed by atoms with Crippen molar-refractivity contribution in [3.63, 3.8) is 0 Å². The van der Waals surface area contributed by atoms with Crippen molar-refractivity contribution in [2.45, 2.75) is 38.9 Å². The molecular weight excluding hydrogens is 486 g/mol. The lowest BCUT2D eigenvalue weighted by Crippen LogP contribution is -2.62. The van der Waals surface area contributed by atoms with Crippen LogP contribution in [0.5, 0.6) is 11.5 Å². The molecule has 1 atom stereocenters. The molecule has 4 rings (SSSR count). The van der Waals surface area contributed by atoms with Crippen LogP contribution in [0.4, 0.5) is 0 Å². The molecule has 10 nitrogen and oxygen atoms in total. The molecule has 3 aromatic rings. The Kier molecular flexibility index (Phi) is 7.70. The number of amides is 3. The summed E-state index contributed by atoms with van der Waals surface area (Å²) in [6.07, 6.45) is 0.570. The second-order valence-electron chi connectivity index (χ2n) is 9.57. The summed E-state index contributed by atoms with van der Waals surface area (Å²) in [5.74, 6) is 0.187. The van der Waals surface area contributed by atoms with Gasteiger partial charge in [-0.2, -0.15) is 5.10 Å². The molecule has 0 bridgehead atoms. The van der Waals surface area contributed by atoms with Crippen molar-refractivity contribution in [2.24, 2.45) is 0 Å². The molecule has 0 radical (unpaired) electrons. The van der Waals surface area contributed by atoms with Gasteiger partial charge < -0.3 is 25.0 Å². The van der Waals surface area contributed by atoms with Crippen LogP contribution in [0.2, 0.25) is 0 Å². The summed E-state index contributed by atoms with van der Waals surface area (Å²) in [4.78, 5) is 40.5. The first-order valence-electron chi connectivity index (χ1n) is 12.3. The Morgan fingerprint density at radius 1 is 1.00 bits per heavy atom. The van der Waals surface area contributed by atoms with Crippen LogP contribution >= 0.6 is 0 Å². The second-order valence-corrected chi connectivity index (χ2v) is 9.57. The number of hydrogen-bond acceptors (Lipinski definition) is 6. The average Bonchev–Trinajstić information content (AvgIpc) is 3.35. The van der Waals surface area contributed by atoms with Gasteiger partial charge in [0.1, 0.15) is 11.2 Å². The number of ether oxygens (including phenoxy) is 2. The molecule has 0 fully saturated rings. The molecule has 0 aliphatic carbocycles. The van der Waals surface area contributed by atoms with Gasteiger partial charge in [0.25, 0.3) is 11.8 Å². The smallest absolute Gasteiger partial charge is 0.272 e. The molecule has 2 heterocycles. The number of fused-ring (bicyclic) bond motifs is 1. The number of likely N-dealkylation sites (N-methyl/N-ethyl adjacent to an activating group) is 1. The number of hydrogen-bond donors (Lipinski definition) is 2. The maximum Gasteiger partial charge on any atom is 0.272 e. The molecular formula is C28H33N5O5. The number of rotatable bonds is 9. The van der Waals surface area contributed by atoms with Crippen LogP contribution in [0.3, 0.4) is 0 Å². The zero-order valence-electron chi connectivity index (χ0n) is 22.3. The van der Waals surface area contributed by atoms with E-state index in [-0.39, 0.29) is 29.7 Å². The van der Waals surface area contributed by atoms with Gasteiger partial charge in [-0.15, -0.1) is 0 Å². The van der Waals surface area contributed by atoms with Crippen LogP contribution in [0.1, 0.15) is 44.6 Å². The monoisotopic (exact) mass is 519 g/mol. The van der Waals surface area contributed by atoms with E-state index in [1.807, 2.05) is 49.4 Å². The number of nitrogens with one attached hydrogen (secondary N) is 2. The summed E-state index contributed by atoms with van der Waals surface area (Å²) in [7, 11) is 4.74. The van der Waals surface area contributed by atoms with Crippen molar-refractivity contribution < 1.29 is 23.9 Å². The quantitative estimate of drug-likeness (QED) is 0.449. The Balaban J connectivity index is 1.40. The van der Waals surface area contributed by atoms with E-state index in [1.165, 1.54) is 15.6 Å². The number of aryl methyl sites for hydroxylation is 1. The van der Waals surface area contributed by atoms with Crippen LogP contribution in [0.25, 0.3) is 0 Å². The normalized spacial score (nSPS) is 16.6. The van der Waals surface area contributed by atoms with Crippen LogP contribution in [0.15, 0.2) is 48.5 Å². The largest absolute Gasteiger partial charge is 0.493 e. The van der Waals surface area contributed by atoms with Gasteiger partial charge in [0.05, 0.1) is 20.8 Å². The van der Waals surface area contributed by atoms with Crippen molar-refractivity contribution in [3.05, 3.63) is 76.6 Å². The standard InChI is InChI=1S/C28H33N5O5/c1-18-6-8-20(9-7-18)16-30-27(36)28(2)17-33-22(26(35)32(28)3)15-21(31-33)25(34)29-13-12-19-10-11-23(37-4)24(14-19)38-5/h6-11,14-15H,12-13,16-17H2,1-5H3,(H,29,34)(H,30,36)/t28-/m1/s1. The number of carbonyl (C=O) groups is 3. The second kappa shape index (κ2) is 11.0. The molecule has 3 amide bonds. The predicted molar refractivity (Wildman–Crippen MR) is 141 cm³/mol. The highest BCUT2D eigenvalue weighted by atomic mass is 16.5. The lowest BCUT2D eigenvalue weighted by atomic mass is 9.95. The molecule has 0 unspecified atom stereocenters. The fourth-order valence-corrected chi connectivity index (χ4v) is 4.36. The maximum absolute atomic E-state index is 13.2. The summed E-state index contributed by atoms with van der Waals surface area (Å²) >= 11 is 0. The van der Waals surface area contributed by atoms with E-state index >= 15 is 0 Å². The van der Waals surface area contributed by atoms with E-state index in [4.69, 9.17) is 9.47 Å². The number of aromatic nitrogens is 2. The molecule has 1 aromatic heterocycles. The highest BCUT2D eigenvalue weighted by Gasteiger charge is 2.46.